The number of benzene rings is 3. The quantitative estimate of drug-likeness (QED) is 0.214. The molecule has 0 saturated carbocycles. The van der Waals surface area contributed by atoms with Gasteiger partial charge in [0, 0.05) is 32.3 Å². The van der Waals surface area contributed by atoms with Crippen LogP contribution in [0.2, 0.25) is 0 Å². The average molecular weight is 556 g/mol. The molecule has 0 aliphatic heterocycles. The molecule has 0 unspecified atom stereocenters. The number of anilines is 2. The van der Waals surface area contributed by atoms with Crippen molar-refractivity contribution in [3.8, 4) is 23.3 Å². The van der Waals surface area contributed by atoms with Gasteiger partial charge in [0.05, 0.1) is 48.3 Å². The number of fused-ring (bicyclic) bond motifs is 1. The van der Waals surface area contributed by atoms with Crippen LogP contribution in [0.1, 0.15) is 18.4 Å². The molecule has 0 atom stereocenters. The minimum Gasteiger partial charge on any atom is -0.494 e. The summed E-state index contributed by atoms with van der Waals surface area (Å²) in [5.41, 5.74) is 1.65. The van der Waals surface area contributed by atoms with Crippen molar-refractivity contribution in [3.63, 3.8) is 0 Å². The van der Waals surface area contributed by atoms with Gasteiger partial charge in [0.25, 0.3) is 5.56 Å². The van der Waals surface area contributed by atoms with Crippen LogP contribution in [0.5, 0.6) is 17.2 Å². The van der Waals surface area contributed by atoms with Crippen molar-refractivity contribution in [1.82, 2.24) is 9.55 Å². The fraction of sp³-hybridized carbons (Fsp3) is 0.233. The Morgan fingerprint density at radius 2 is 1.85 bits per heavy atom. The number of ether oxygens (including phenoxy) is 3. The third kappa shape index (κ3) is 7.39. The van der Waals surface area contributed by atoms with Gasteiger partial charge in [0.1, 0.15) is 18.0 Å². The summed E-state index contributed by atoms with van der Waals surface area (Å²) < 4.78 is 17.6. The van der Waals surface area contributed by atoms with Gasteiger partial charge >= 0.3 is 5.97 Å². The van der Waals surface area contributed by atoms with Crippen LogP contribution >= 0.6 is 0 Å². The number of amides is 1. The molecular formula is C30H29N5O6. The molecule has 1 amide bonds. The number of methoxy groups -OCH3 is 1. The third-order valence-corrected chi connectivity index (χ3v) is 6.09. The Labute approximate surface area is 236 Å². The number of nitrogens with zero attached hydrogens (tertiary/aromatic N) is 4. The van der Waals surface area contributed by atoms with Crippen LogP contribution in [-0.2, 0) is 20.9 Å². The number of carbonyl (C=O) groups is 2. The van der Waals surface area contributed by atoms with Crippen LogP contribution in [0.25, 0.3) is 10.9 Å². The van der Waals surface area contributed by atoms with E-state index < -0.39 is 11.5 Å². The second-order valence-corrected chi connectivity index (χ2v) is 9.25. The summed E-state index contributed by atoms with van der Waals surface area (Å²) in [5.74, 6) is 0.487. The van der Waals surface area contributed by atoms with Crippen molar-refractivity contribution in [2.24, 2.45) is 0 Å². The standard InChI is InChI=1S/C30H29N5O6/c1-34(2)21-6-4-7-23(14-21)41-27-15-24-25(32-19-35(30(24)38)18-29(37)39-3)16-26(27)33-28(36)8-5-13-40-22-11-9-20(17-31)10-12-22/h4,6-7,9-12,14-16,19H,5,8,13,18H2,1-3H3,(H,33,36). The largest absolute Gasteiger partial charge is 0.494 e. The summed E-state index contributed by atoms with van der Waals surface area (Å²) in [6.07, 6.45) is 1.86. The molecule has 41 heavy (non-hydrogen) atoms. The van der Waals surface area contributed by atoms with Gasteiger partial charge in [-0.1, -0.05) is 6.07 Å². The summed E-state index contributed by atoms with van der Waals surface area (Å²) in [6.45, 7) is 0.0153. The first-order chi connectivity index (χ1) is 19.8. The molecule has 0 radical (unpaired) electrons. The van der Waals surface area contributed by atoms with Crippen molar-refractivity contribution in [2.45, 2.75) is 19.4 Å². The van der Waals surface area contributed by atoms with E-state index in [2.05, 4.69) is 21.1 Å². The van der Waals surface area contributed by atoms with E-state index in [9.17, 15) is 14.4 Å². The first-order valence-corrected chi connectivity index (χ1v) is 12.8. The third-order valence-electron chi connectivity index (χ3n) is 6.09. The predicted octanol–water partition coefficient (Wildman–Crippen LogP) is 4.10. The highest BCUT2D eigenvalue weighted by atomic mass is 16.5. The van der Waals surface area contributed by atoms with E-state index in [0.717, 1.165) is 10.3 Å². The number of hydrogen-bond donors (Lipinski definition) is 1. The highest BCUT2D eigenvalue weighted by Crippen LogP contribution is 2.34. The second-order valence-electron chi connectivity index (χ2n) is 9.25. The summed E-state index contributed by atoms with van der Waals surface area (Å²) >= 11 is 0. The Hall–Kier alpha value is -5.37. The molecular weight excluding hydrogens is 526 g/mol. The maximum absolute atomic E-state index is 13.1. The van der Waals surface area contributed by atoms with E-state index >= 15 is 0 Å². The number of rotatable bonds is 11. The zero-order valence-electron chi connectivity index (χ0n) is 22.9. The monoisotopic (exact) mass is 555 g/mol. The molecule has 1 heterocycles. The second kappa shape index (κ2) is 13.1. The van der Waals surface area contributed by atoms with Crippen LogP contribution in [0, 0.1) is 11.3 Å². The minimum atomic E-state index is -0.586. The number of esters is 1. The lowest BCUT2D eigenvalue weighted by Crippen LogP contribution is -2.25. The van der Waals surface area contributed by atoms with Gasteiger partial charge in [-0.3, -0.25) is 19.0 Å². The Morgan fingerprint density at radius 3 is 2.56 bits per heavy atom. The zero-order valence-corrected chi connectivity index (χ0v) is 22.9. The Morgan fingerprint density at radius 1 is 1.07 bits per heavy atom. The maximum atomic E-state index is 13.1. The molecule has 0 aliphatic carbocycles. The molecule has 0 bridgehead atoms. The molecule has 0 fully saturated rings. The van der Waals surface area contributed by atoms with Crippen molar-refractivity contribution in [1.29, 1.82) is 5.26 Å². The van der Waals surface area contributed by atoms with Gasteiger partial charge < -0.3 is 24.4 Å². The van der Waals surface area contributed by atoms with Crippen molar-refractivity contribution >= 4 is 34.2 Å². The lowest BCUT2D eigenvalue weighted by molar-refractivity contribution is -0.141. The minimum absolute atomic E-state index is 0.165. The molecule has 4 rings (SSSR count). The molecule has 3 aromatic carbocycles. The first-order valence-electron chi connectivity index (χ1n) is 12.8. The van der Waals surface area contributed by atoms with Gasteiger partial charge in [-0.05, 0) is 55.0 Å². The first kappa shape index (κ1) is 28.6. The van der Waals surface area contributed by atoms with Crippen molar-refractivity contribution in [3.05, 3.63) is 82.9 Å². The van der Waals surface area contributed by atoms with Gasteiger partial charge in [-0.2, -0.15) is 5.26 Å². The average Bonchev–Trinajstić information content (AvgIpc) is 2.97. The highest BCUT2D eigenvalue weighted by molar-refractivity contribution is 5.96. The Bertz CT molecular complexity index is 1660. The number of hydrogen-bond acceptors (Lipinski definition) is 9. The molecule has 1 aromatic heterocycles. The molecule has 210 valence electrons. The highest BCUT2D eigenvalue weighted by Gasteiger charge is 2.16. The predicted molar refractivity (Wildman–Crippen MR) is 153 cm³/mol. The number of nitriles is 1. The number of nitrogens with one attached hydrogen (secondary N) is 1. The number of aromatic nitrogens is 2. The van der Waals surface area contributed by atoms with Crippen LogP contribution < -0.4 is 25.2 Å². The van der Waals surface area contributed by atoms with Crippen molar-refractivity contribution in [2.75, 3.05) is 38.0 Å². The maximum Gasteiger partial charge on any atom is 0.325 e. The van der Waals surface area contributed by atoms with Crippen molar-refractivity contribution < 1.29 is 23.8 Å². The molecule has 0 spiro atoms. The smallest absolute Gasteiger partial charge is 0.325 e. The van der Waals surface area contributed by atoms with Crippen LogP contribution in [0.15, 0.2) is 71.8 Å². The summed E-state index contributed by atoms with van der Waals surface area (Å²) in [4.78, 5) is 44.0. The van der Waals surface area contributed by atoms with E-state index in [4.69, 9.17) is 14.7 Å². The summed E-state index contributed by atoms with van der Waals surface area (Å²) in [7, 11) is 5.05. The van der Waals surface area contributed by atoms with Gasteiger partial charge in [-0.15, -0.1) is 0 Å². The van der Waals surface area contributed by atoms with Crippen LogP contribution in [0.4, 0.5) is 11.4 Å². The van der Waals surface area contributed by atoms with Gasteiger partial charge in [-0.25, -0.2) is 4.98 Å². The molecule has 1 N–H and O–H groups in total. The normalized spacial score (nSPS) is 10.5. The Kier molecular flexibility index (Phi) is 9.16. The van der Waals surface area contributed by atoms with Gasteiger partial charge in [0.2, 0.25) is 5.91 Å². The summed E-state index contributed by atoms with van der Waals surface area (Å²) in [5, 5.41) is 12.0. The summed E-state index contributed by atoms with van der Waals surface area (Å²) in [6, 6.07) is 19.2. The van der Waals surface area contributed by atoms with E-state index in [1.165, 1.54) is 19.5 Å². The molecule has 0 aliphatic rings. The van der Waals surface area contributed by atoms with E-state index in [0.29, 0.717) is 41.3 Å². The number of carbonyl (C=O) groups excluding carboxylic acids is 2. The van der Waals surface area contributed by atoms with Crippen LogP contribution in [0.3, 0.4) is 0 Å². The van der Waals surface area contributed by atoms with E-state index in [1.807, 2.05) is 37.2 Å². The van der Waals surface area contributed by atoms with Gasteiger partial charge in [0.15, 0.2) is 5.75 Å². The topological polar surface area (TPSA) is 136 Å². The molecule has 11 heteroatoms. The lowest BCUT2D eigenvalue weighted by atomic mass is 10.2. The zero-order chi connectivity index (χ0) is 29.4. The SMILES string of the molecule is COC(=O)Cn1cnc2cc(NC(=O)CCCOc3ccc(C#N)cc3)c(Oc3cccc(N(C)C)c3)cc2c1=O. The fourth-order valence-corrected chi connectivity index (χ4v) is 3.90. The molecule has 11 nitrogen and oxygen atoms in total. The Balaban J connectivity index is 1.55. The fourth-order valence-electron chi connectivity index (χ4n) is 3.90. The molecule has 4 aromatic rings. The lowest BCUT2D eigenvalue weighted by Gasteiger charge is -2.16. The molecule has 0 saturated heterocycles. The van der Waals surface area contributed by atoms with Crippen LogP contribution in [-0.4, -0.2) is 49.2 Å². The van der Waals surface area contributed by atoms with E-state index in [1.54, 1.807) is 36.4 Å². The van der Waals surface area contributed by atoms with E-state index in [-0.39, 0.29) is 30.0 Å².